The van der Waals surface area contributed by atoms with E-state index in [0.29, 0.717) is 34.9 Å². The summed E-state index contributed by atoms with van der Waals surface area (Å²) in [6.07, 6.45) is 0. The minimum absolute atomic E-state index is 0.612. The summed E-state index contributed by atoms with van der Waals surface area (Å²) in [6.45, 7) is 0. The third kappa shape index (κ3) is 15.2. The van der Waals surface area contributed by atoms with E-state index in [4.69, 9.17) is 38.7 Å². The van der Waals surface area contributed by atoms with Gasteiger partial charge in [-0.15, -0.1) is 0 Å². The summed E-state index contributed by atoms with van der Waals surface area (Å²) >= 11 is 0. The van der Waals surface area contributed by atoms with Crippen molar-refractivity contribution in [1.82, 2.24) is 29.9 Å². The van der Waals surface area contributed by atoms with E-state index >= 15 is 0 Å². The van der Waals surface area contributed by atoms with Crippen LogP contribution in [0.1, 0.15) is 0 Å². The van der Waals surface area contributed by atoms with Gasteiger partial charge in [0.25, 0.3) is 0 Å². The van der Waals surface area contributed by atoms with E-state index in [2.05, 4.69) is 339 Å². The van der Waals surface area contributed by atoms with Crippen LogP contribution in [0.5, 0.6) is 0 Å². The molecule has 0 aliphatic carbocycles. The van der Waals surface area contributed by atoms with E-state index in [0.717, 1.165) is 206 Å². The Morgan fingerprint density at radius 2 is 0.357 bits per heavy atom. The van der Waals surface area contributed by atoms with Gasteiger partial charge in [-0.2, -0.15) is 0 Å². The number of para-hydroxylation sites is 3. The van der Waals surface area contributed by atoms with Crippen LogP contribution in [0.3, 0.4) is 0 Å². The predicted molar refractivity (Wildman–Crippen MR) is 529 cm³/mol. The van der Waals surface area contributed by atoms with E-state index < -0.39 is 0 Å². The highest BCUT2D eigenvalue weighted by Gasteiger charge is 2.23. The molecule has 19 aromatic carbocycles. The van der Waals surface area contributed by atoms with E-state index in [1.165, 1.54) is 0 Å². The van der Waals surface area contributed by atoms with E-state index in [1.807, 2.05) is 133 Å². The van der Waals surface area contributed by atoms with Gasteiger partial charge in [-0.25, -0.2) is 29.9 Å². The minimum atomic E-state index is 0.612. The lowest BCUT2D eigenvalue weighted by molar-refractivity contribution is 0.669. The summed E-state index contributed by atoms with van der Waals surface area (Å²) in [5, 5.41) is 4.27. The molecular formula is C120H77N7O2. The highest BCUT2D eigenvalue weighted by Crippen LogP contribution is 2.46. The van der Waals surface area contributed by atoms with Gasteiger partial charge in [0.1, 0.15) is 22.3 Å². The Kier molecular flexibility index (Phi) is 19.8. The van der Waals surface area contributed by atoms with Gasteiger partial charge in [-0.1, -0.05) is 346 Å². The van der Waals surface area contributed by atoms with Crippen LogP contribution in [-0.4, -0.2) is 29.9 Å². The van der Waals surface area contributed by atoms with Crippen LogP contribution in [0.2, 0.25) is 0 Å². The first kappa shape index (κ1) is 76.5. The normalized spacial score (nSPS) is 11.4. The molecule has 0 unspecified atom stereocenters. The fourth-order valence-electron chi connectivity index (χ4n) is 17.8. The summed E-state index contributed by atoms with van der Waals surface area (Å²) < 4.78 is 13.7. The molecule has 4 heterocycles. The number of nitrogens with zero attached hydrogens (tertiary/aromatic N) is 7. The van der Waals surface area contributed by atoms with Gasteiger partial charge in [-0.05, 0) is 221 Å². The number of fused-ring (bicyclic) bond motifs is 6. The van der Waals surface area contributed by atoms with E-state index in [9.17, 15) is 0 Å². The van der Waals surface area contributed by atoms with Crippen molar-refractivity contribution in [2.45, 2.75) is 0 Å². The lowest BCUT2D eigenvalue weighted by Gasteiger charge is -2.26. The van der Waals surface area contributed by atoms with Crippen LogP contribution in [0.15, 0.2) is 476 Å². The van der Waals surface area contributed by atoms with Gasteiger partial charge in [-0.3, -0.25) is 0 Å². The monoisotopic (exact) mass is 1650 g/mol. The first-order valence-electron chi connectivity index (χ1n) is 43.4. The zero-order valence-corrected chi connectivity index (χ0v) is 69.9. The first-order chi connectivity index (χ1) is 63.8. The fraction of sp³-hybridized carbons (Fsp3) is 0. The van der Waals surface area contributed by atoms with Crippen LogP contribution in [0.25, 0.3) is 223 Å². The zero-order chi connectivity index (χ0) is 85.5. The van der Waals surface area contributed by atoms with Gasteiger partial charge in [0.15, 0.2) is 34.9 Å². The Morgan fingerprint density at radius 1 is 0.140 bits per heavy atom. The van der Waals surface area contributed by atoms with Gasteiger partial charge in [0.2, 0.25) is 0 Å². The number of benzene rings is 19. The Morgan fingerprint density at radius 3 is 0.667 bits per heavy atom. The summed E-state index contributed by atoms with van der Waals surface area (Å²) in [6, 6.07) is 165. The summed E-state index contributed by atoms with van der Waals surface area (Å²) in [5.74, 6) is 3.73. The Balaban J connectivity index is 0.520. The lowest BCUT2D eigenvalue weighted by Crippen LogP contribution is -2.09. The maximum atomic E-state index is 6.85. The number of aromatic nitrogens is 6. The van der Waals surface area contributed by atoms with Crippen LogP contribution in [0, 0.1) is 0 Å². The van der Waals surface area contributed by atoms with Gasteiger partial charge in [0, 0.05) is 83.1 Å². The molecule has 0 fully saturated rings. The van der Waals surface area contributed by atoms with Gasteiger partial charge >= 0.3 is 0 Å². The number of rotatable bonds is 19. The third-order valence-corrected chi connectivity index (χ3v) is 24.3. The zero-order valence-electron chi connectivity index (χ0n) is 69.9. The molecule has 604 valence electrons. The number of hydrogen-bond donors (Lipinski definition) is 0. The molecule has 0 bridgehead atoms. The second-order valence-electron chi connectivity index (χ2n) is 32.5. The average molecular weight is 1650 g/mol. The van der Waals surface area contributed by atoms with E-state index in [1.54, 1.807) is 0 Å². The third-order valence-electron chi connectivity index (χ3n) is 24.3. The average Bonchev–Trinajstić information content (AvgIpc) is 1.63. The summed E-state index contributed by atoms with van der Waals surface area (Å²) in [4.78, 5) is 32.4. The van der Waals surface area contributed by atoms with Crippen molar-refractivity contribution >= 4 is 60.9 Å². The molecule has 0 radical (unpaired) electrons. The van der Waals surface area contributed by atoms with E-state index in [-0.39, 0.29) is 0 Å². The van der Waals surface area contributed by atoms with Crippen molar-refractivity contribution < 1.29 is 8.83 Å². The number of anilines is 3. The molecule has 0 N–H and O–H groups in total. The van der Waals surface area contributed by atoms with Crippen LogP contribution >= 0.6 is 0 Å². The van der Waals surface area contributed by atoms with Crippen LogP contribution in [-0.2, 0) is 0 Å². The van der Waals surface area contributed by atoms with Gasteiger partial charge < -0.3 is 13.7 Å². The molecule has 0 saturated carbocycles. The predicted octanol–water partition coefficient (Wildman–Crippen LogP) is 32.0. The Bertz CT molecular complexity index is 7580. The smallest absolute Gasteiger partial charge is 0.164 e. The molecule has 0 amide bonds. The molecule has 23 rings (SSSR count). The molecule has 9 heteroatoms. The van der Waals surface area contributed by atoms with Crippen molar-refractivity contribution in [3.8, 4) is 180 Å². The summed E-state index contributed by atoms with van der Waals surface area (Å²) in [5.41, 5.74) is 33.7. The second-order valence-corrected chi connectivity index (χ2v) is 32.5. The summed E-state index contributed by atoms with van der Waals surface area (Å²) in [7, 11) is 0. The molecule has 129 heavy (non-hydrogen) atoms. The van der Waals surface area contributed by atoms with Crippen LogP contribution in [0.4, 0.5) is 17.1 Å². The molecule has 4 aromatic heterocycles. The SMILES string of the molecule is c1ccc(-c2nc(-c3ccccc3)nc(-c3cccc(-c4cccc(-c5cccc(-c6cc(-c7cccc(-c8ccc(N(c9ccccc9)c9ccc(-c%10cccc(-c%11cc(-c%12cccc(-c%13cccc(-c%14cccc(-c%15nc(-c%16ccccc%16)nc(-c%16ccccc%16)n%15)c%14)c%13)c%12)c%12oc%13ccccc%13c%12c%11)c%10)cc9)cc8)c7)cc7c6oc6ccccc67)c5)c4)c3)n2)cc1. The molecule has 9 nitrogen and oxygen atoms in total. The van der Waals surface area contributed by atoms with Crippen molar-refractivity contribution in [2.75, 3.05) is 4.90 Å². The largest absolute Gasteiger partial charge is 0.455 e. The molecule has 0 aliphatic rings. The lowest BCUT2D eigenvalue weighted by atomic mass is 9.92. The van der Waals surface area contributed by atoms with Crippen molar-refractivity contribution in [1.29, 1.82) is 0 Å². The minimum Gasteiger partial charge on any atom is -0.455 e. The Hall–Kier alpha value is -17.4. The van der Waals surface area contributed by atoms with Crippen molar-refractivity contribution in [3.05, 3.63) is 467 Å². The maximum absolute atomic E-state index is 6.85. The molecule has 0 aliphatic heterocycles. The quantitative estimate of drug-likeness (QED) is 0.0782. The fourth-order valence-corrected chi connectivity index (χ4v) is 17.8. The van der Waals surface area contributed by atoms with Crippen molar-refractivity contribution in [2.24, 2.45) is 0 Å². The highest BCUT2D eigenvalue weighted by atomic mass is 16.3. The molecule has 0 saturated heterocycles. The highest BCUT2D eigenvalue weighted by molar-refractivity contribution is 6.13. The molecule has 23 aromatic rings. The first-order valence-corrected chi connectivity index (χ1v) is 43.4. The van der Waals surface area contributed by atoms with Crippen LogP contribution < -0.4 is 4.90 Å². The topological polar surface area (TPSA) is 107 Å². The maximum Gasteiger partial charge on any atom is 0.164 e. The standard InChI is InChI=1S/C120H77N7O2/c1-6-28-80(29-7-1)115-121-116(81-30-8-2-9-31-81)124-119(123-115)98-50-26-44-92(72-98)88-40-22-38-86(68-88)90-42-24-48-96(70-90)107-74-100(76-109-105-54-16-18-56-111(105)128-113(107)109)94-46-20-36-84(66-94)78-58-62-103(63-59-78)127(102-52-14-5-15-53-102)104-64-60-79(61-65-104)85-37-21-47-95(67-85)101-75-108(114-110(77-101)106-55-17-19-57-112(106)129-114)97-49-25-43-91(71-97)87-39-23-41-89(69-87)93-45-27-51-99(73-93)120-125-117(82-32-10-3-11-33-82)122-118(126-120)83-34-12-4-13-35-83/h1-77H. The number of hydrogen-bond acceptors (Lipinski definition) is 9. The Labute approximate surface area is 746 Å². The molecular weight excluding hydrogens is 1570 g/mol. The number of furan rings is 2. The molecule has 0 atom stereocenters. The van der Waals surface area contributed by atoms with Gasteiger partial charge in [0.05, 0.1) is 0 Å². The molecule has 0 spiro atoms. The second kappa shape index (κ2) is 33.3. The van der Waals surface area contributed by atoms with Crippen molar-refractivity contribution in [3.63, 3.8) is 0 Å².